The van der Waals surface area contributed by atoms with Crippen LogP contribution in [0.25, 0.3) is 0 Å². The molecule has 1 fully saturated rings. The summed E-state index contributed by atoms with van der Waals surface area (Å²) in [7, 11) is 4.57. The van der Waals surface area contributed by atoms with Crippen molar-refractivity contribution in [3.63, 3.8) is 0 Å². The third kappa shape index (κ3) is 5.07. The Bertz CT molecular complexity index is 894. The van der Waals surface area contributed by atoms with E-state index in [4.69, 9.17) is 14.2 Å². The summed E-state index contributed by atoms with van der Waals surface area (Å²) < 4.78 is 16.1. The molecule has 1 aromatic carbocycles. The summed E-state index contributed by atoms with van der Waals surface area (Å²) in [6.07, 6.45) is 3.44. The van der Waals surface area contributed by atoms with Crippen LogP contribution in [-0.4, -0.2) is 56.1 Å². The fourth-order valence-corrected chi connectivity index (χ4v) is 4.07. The third-order valence-corrected chi connectivity index (χ3v) is 5.49. The van der Waals surface area contributed by atoms with Crippen molar-refractivity contribution in [2.45, 2.75) is 25.8 Å². The van der Waals surface area contributed by atoms with Gasteiger partial charge in [-0.25, -0.2) is 0 Å². The number of nitrogens with one attached hydrogen (secondary N) is 1. The normalized spacial score (nSPS) is 16.9. The number of methoxy groups -OCH3 is 3. The molecule has 31 heavy (non-hydrogen) atoms. The molecule has 0 aliphatic carbocycles. The number of pyridine rings is 1. The van der Waals surface area contributed by atoms with E-state index in [1.54, 1.807) is 18.3 Å². The molecule has 1 aliphatic heterocycles. The molecule has 1 aromatic heterocycles. The van der Waals surface area contributed by atoms with Crippen molar-refractivity contribution in [3.05, 3.63) is 47.8 Å². The molecule has 2 atom stereocenters. The van der Waals surface area contributed by atoms with Crippen LogP contribution in [-0.2, 0) is 4.79 Å². The summed E-state index contributed by atoms with van der Waals surface area (Å²) in [5.74, 6) is 1.12. The largest absolute Gasteiger partial charge is 0.493 e. The highest BCUT2D eigenvalue weighted by Crippen LogP contribution is 2.39. The highest BCUT2D eigenvalue weighted by molar-refractivity contribution is 5.95. The number of amides is 2. The van der Waals surface area contributed by atoms with Gasteiger partial charge in [0.1, 0.15) is 0 Å². The van der Waals surface area contributed by atoms with E-state index < -0.39 is 0 Å². The predicted molar refractivity (Wildman–Crippen MR) is 116 cm³/mol. The Balaban J connectivity index is 1.85. The first-order valence-electron chi connectivity index (χ1n) is 10.3. The van der Waals surface area contributed by atoms with Crippen LogP contribution >= 0.6 is 0 Å². The van der Waals surface area contributed by atoms with Crippen molar-refractivity contribution in [3.8, 4) is 17.2 Å². The molecule has 0 unspecified atom stereocenters. The zero-order chi connectivity index (χ0) is 22.4. The molecule has 1 aliphatic rings. The second-order valence-corrected chi connectivity index (χ2v) is 7.50. The summed E-state index contributed by atoms with van der Waals surface area (Å²) in [6, 6.07) is 8.72. The van der Waals surface area contributed by atoms with E-state index in [9.17, 15) is 9.59 Å². The first-order chi connectivity index (χ1) is 15.0. The zero-order valence-corrected chi connectivity index (χ0v) is 18.4. The van der Waals surface area contributed by atoms with Gasteiger partial charge in [0.25, 0.3) is 5.91 Å². The van der Waals surface area contributed by atoms with E-state index in [1.807, 2.05) is 23.1 Å². The maximum Gasteiger partial charge on any atom is 0.254 e. The Morgan fingerprint density at radius 1 is 1.13 bits per heavy atom. The van der Waals surface area contributed by atoms with E-state index in [0.29, 0.717) is 35.9 Å². The van der Waals surface area contributed by atoms with Crippen LogP contribution in [0.1, 0.15) is 41.9 Å². The molecule has 166 valence electrons. The number of hydrogen-bond acceptors (Lipinski definition) is 6. The maximum atomic E-state index is 13.3. The highest BCUT2D eigenvalue weighted by Gasteiger charge is 2.32. The molecule has 8 heteroatoms. The number of rotatable bonds is 7. The van der Waals surface area contributed by atoms with Crippen molar-refractivity contribution in [2.24, 2.45) is 5.92 Å². The van der Waals surface area contributed by atoms with Gasteiger partial charge < -0.3 is 24.4 Å². The quantitative estimate of drug-likeness (QED) is 0.731. The van der Waals surface area contributed by atoms with E-state index >= 15 is 0 Å². The fourth-order valence-electron chi connectivity index (χ4n) is 4.07. The van der Waals surface area contributed by atoms with Crippen molar-refractivity contribution in [1.82, 2.24) is 15.2 Å². The van der Waals surface area contributed by atoms with Gasteiger partial charge in [-0.2, -0.15) is 0 Å². The number of hydrogen-bond donors (Lipinski definition) is 1. The minimum Gasteiger partial charge on any atom is -0.493 e. The van der Waals surface area contributed by atoms with Crippen molar-refractivity contribution < 1.29 is 23.8 Å². The molecule has 2 heterocycles. The predicted octanol–water partition coefficient (Wildman–Crippen LogP) is 2.84. The van der Waals surface area contributed by atoms with Crippen molar-refractivity contribution in [1.29, 1.82) is 0 Å². The van der Waals surface area contributed by atoms with Gasteiger partial charge in [0, 0.05) is 37.7 Å². The Morgan fingerprint density at radius 3 is 2.39 bits per heavy atom. The second-order valence-electron chi connectivity index (χ2n) is 7.50. The number of ether oxygens (including phenoxy) is 3. The van der Waals surface area contributed by atoms with E-state index in [1.165, 1.54) is 28.3 Å². The summed E-state index contributed by atoms with van der Waals surface area (Å²) in [5, 5.41) is 3.02. The topological polar surface area (TPSA) is 90.0 Å². The summed E-state index contributed by atoms with van der Waals surface area (Å²) in [4.78, 5) is 31.4. The van der Waals surface area contributed by atoms with Crippen molar-refractivity contribution >= 4 is 11.8 Å². The van der Waals surface area contributed by atoms with Crippen LogP contribution < -0.4 is 19.5 Å². The SMILES string of the molecule is COc1cc(C(=O)N2CCC[C@@H]([C@@H](NC(C)=O)c3ccccn3)C2)cc(OC)c1OC. The monoisotopic (exact) mass is 427 g/mol. The van der Waals surface area contributed by atoms with Crippen LogP contribution in [0.4, 0.5) is 0 Å². The maximum absolute atomic E-state index is 13.3. The first-order valence-corrected chi connectivity index (χ1v) is 10.3. The van der Waals surface area contributed by atoms with E-state index in [2.05, 4.69) is 10.3 Å². The molecule has 0 bridgehead atoms. The molecule has 1 N–H and O–H groups in total. The number of carbonyl (C=O) groups excluding carboxylic acids is 2. The summed E-state index contributed by atoms with van der Waals surface area (Å²) in [5.41, 5.74) is 1.26. The number of likely N-dealkylation sites (tertiary alicyclic amines) is 1. The fraction of sp³-hybridized carbons (Fsp3) is 0.435. The van der Waals surface area contributed by atoms with Gasteiger partial charge in [-0.05, 0) is 37.1 Å². The third-order valence-electron chi connectivity index (χ3n) is 5.49. The van der Waals surface area contributed by atoms with Crippen LogP contribution in [0.5, 0.6) is 17.2 Å². The van der Waals surface area contributed by atoms with Crippen LogP contribution in [0.15, 0.2) is 36.5 Å². The number of carbonyl (C=O) groups is 2. The Kier molecular flexibility index (Phi) is 7.33. The van der Waals surface area contributed by atoms with Gasteiger partial charge in [-0.1, -0.05) is 6.07 Å². The van der Waals surface area contributed by atoms with Gasteiger partial charge in [0.15, 0.2) is 11.5 Å². The minimum absolute atomic E-state index is 0.0542. The summed E-state index contributed by atoms with van der Waals surface area (Å²) >= 11 is 0. The van der Waals surface area contributed by atoms with Gasteiger partial charge in [-0.3, -0.25) is 14.6 Å². The zero-order valence-electron chi connectivity index (χ0n) is 18.4. The molecule has 0 saturated carbocycles. The lowest BCUT2D eigenvalue weighted by molar-refractivity contribution is -0.120. The van der Waals surface area contributed by atoms with Crippen LogP contribution in [0.2, 0.25) is 0 Å². The number of aromatic nitrogens is 1. The molecule has 0 radical (unpaired) electrons. The molecule has 2 amide bonds. The minimum atomic E-state index is -0.255. The Labute approximate surface area is 182 Å². The smallest absolute Gasteiger partial charge is 0.254 e. The van der Waals surface area contributed by atoms with Gasteiger partial charge in [0.2, 0.25) is 11.7 Å². The Hall–Kier alpha value is -3.29. The molecule has 3 rings (SSSR count). The number of nitrogens with zero attached hydrogens (tertiary/aromatic N) is 2. The van der Waals surface area contributed by atoms with E-state index in [0.717, 1.165) is 18.5 Å². The molecule has 0 spiro atoms. The van der Waals surface area contributed by atoms with Gasteiger partial charge >= 0.3 is 0 Å². The number of piperidine rings is 1. The number of benzene rings is 1. The van der Waals surface area contributed by atoms with Gasteiger partial charge in [0.05, 0.1) is 33.1 Å². The van der Waals surface area contributed by atoms with Gasteiger partial charge in [-0.15, -0.1) is 0 Å². The lowest BCUT2D eigenvalue weighted by Gasteiger charge is -2.37. The lowest BCUT2D eigenvalue weighted by Crippen LogP contribution is -2.45. The Morgan fingerprint density at radius 2 is 1.84 bits per heavy atom. The first kappa shape index (κ1) is 22.4. The highest BCUT2D eigenvalue weighted by atomic mass is 16.5. The van der Waals surface area contributed by atoms with Crippen LogP contribution in [0, 0.1) is 5.92 Å². The molecular formula is C23H29N3O5. The standard InChI is InChI=1S/C23H29N3O5/c1-15(27)25-21(18-9-5-6-10-24-18)16-8-7-11-26(14-16)23(28)17-12-19(29-2)22(31-4)20(13-17)30-3/h5-6,9-10,12-13,16,21H,7-8,11,14H2,1-4H3,(H,25,27)/t16-,21-/m1/s1. The average Bonchev–Trinajstić information content (AvgIpc) is 2.81. The van der Waals surface area contributed by atoms with E-state index in [-0.39, 0.29) is 23.8 Å². The summed E-state index contributed by atoms with van der Waals surface area (Å²) in [6.45, 7) is 2.65. The molecule has 2 aromatic rings. The molecular weight excluding hydrogens is 398 g/mol. The molecule has 8 nitrogen and oxygen atoms in total. The second kappa shape index (κ2) is 10.1. The lowest BCUT2D eigenvalue weighted by atomic mass is 9.88. The van der Waals surface area contributed by atoms with Crippen LogP contribution in [0.3, 0.4) is 0 Å². The molecule has 1 saturated heterocycles. The van der Waals surface area contributed by atoms with Crippen molar-refractivity contribution in [2.75, 3.05) is 34.4 Å². The average molecular weight is 428 g/mol.